The van der Waals surface area contributed by atoms with Crippen LogP contribution in [0.4, 0.5) is 0 Å². The van der Waals surface area contributed by atoms with Gasteiger partial charge in [-0.1, -0.05) is 42.5 Å². The number of likely N-dealkylation sites (N-methyl/N-ethyl adjacent to an activating group) is 1. The molecule has 1 saturated heterocycles. The zero-order chi connectivity index (χ0) is 22.1. The van der Waals surface area contributed by atoms with Gasteiger partial charge < -0.3 is 14.7 Å². The van der Waals surface area contributed by atoms with Crippen molar-refractivity contribution in [3.63, 3.8) is 0 Å². The molecule has 0 bridgehead atoms. The summed E-state index contributed by atoms with van der Waals surface area (Å²) in [6, 6.07) is 18.3. The van der Waals surface area contributed by atoms with E-state index in [1.807, 2.05) is 42.3 Å². The summed E-state index contributed by atoms with van der Waals surface area (Å²) in [7, 11) is 2.00. The maximum absolute atomic E-state index is 11.6. The number of aliphatic hydroxyl groups is 1. The molecule has 0 aromatic heterocycles. The summed E-state index contributed by atoms with van der Waals surface area (Å²) in [4.78, 5) is 18.0. The number of aliphatic hydroxyl groups excluding tert-OH is 1. The van der Waals surface area contributed by atoms with Crippen molar-refractivity contribution in [1.29, 1.82) is 0 Å². The van der Waals surface area contributed by atoms with Gasteiger partial charge in [-0.15, -0.1) is 0 Å². The predicted molar refractivity (Wildman–Crippen MR) is 123 cm³/mol. The minimum Gasteiger partial charge on any atom is -0.491 e. The minimum atomic E-state index is -0.547. The highest BCUT2D eigenvalue weighted by atomic mass is 16.5. The molecule has 0 radical (unpaired) electrons. The fraction of sp³-hybridized carbons (Fsp3) is 0.480. The van der Waals surface area contributed by atoms with E-state index in [1.54, 1.807) is 6.92 Å². The first-order chi connectivity index (χ1) is 15.0. The van der Waals surface area contributed by atoms with Gasteiger partial charge in [-0.05, 0) is 36.7 Å². The SMILES string of the molecule is CC(=O)N1CCCN(Cc2ccc(OCC(O)CN(C)Cc3ccccc3)cc2)CC1. The number of hydrogen-bond acceptors (Lipinski definition) is 5. The Morgan fingerprint density at radius 3 is 2.48 bits per heavy atom. The zero-order valence-corrected chi connectivity index (χ0v) is 18.7. The van der Waals surface area contributed by atoms with Crippen LogP contribution in [0, 0.1) is 0 Å². The molecule has 1 unspecified atom stereocenters. The van der Waals surface area contributed by atoms with Crippen molar-refractivity contribution >= 4 is 5.91 Å². The summed E-state index contributed by atoms with van der Waals surface area (Å²) in [5, 5.41) is 10.3. The Hall–Kier alpha value is -2.41. The predicted octanol–water partition coefficient (Wildman–Crippen LogP) is 2.61. The summed E-state index contributed by atoms with van der Waals surface area (Å²) < 4.78 is 5.79. The van der Waals surface area contributed by atoms with Crippen molar-refractivity contribution in [1.82, 2.24) is 14.7 Å². The average Bonchev–Trinajstić information content (AvgIpc) is 2.99. The van der Waals surface area contributed by atoms with Gasteiger partial charge in [0.25, 0.3) is 0 Å². The molecule has 168 valence electrons. The largest absolute Gasteiger partial charge is 0.491 e. The van der Waals surface area contributed by atoms with Gasteiger partial charge in [0.2, 0.25) is 5.91 Å². The molecule has 1 aliphatic heterocycles. The number of amides is 1. The van der Waals surface area contributed by atoms with Gasteiger partial charge in [-0.3, -0.25) is 14.6 Å². The third-order valence-corrected chi connectivity index (χ3v) is 5.62. The topological polar surface area (TPSA) is 56.3 Å². The minimum absolute atomic E-state index is 0.164. The van der Waals surface area contributed by atoms with E-state index in [0.29, 0.717) is 6.54 Å². The summed E-state index contributed by atoms with van der Waals surface area (Å²) in [6.07, 6.45) is 0.465. The van der Waals surface area contributed by atoms with Crippen molar-refractivity contribution in [2.24, 2.45) is 0 Å². The molecule has 1 fully saturated rings. The van der Waals surface area contributed by atoms with Crippen molar-refractivity contribution in [2.75, 3.05) is 46.4 Å². The van der Waals surface area contributed by atoms with E-state index >= 15 is 0 Å². The van der Waals surface area contributed by atoms with E-state index in [1.165, 1.54) is 11.1 Å². The maximum Gasteiger partial charge on any atom is 0.219 e. The Morgan fingerprint density at radius 2 is 1.77 bits per heavy atom. The molecule has 1 N–H and O–H groups in total. The molecule has 0 spiro atoms. The molecule has 1 atom stereocenters. The van der Waals surface area contributed by atoms with Crippen LogP contribution in [-0.4, -0.2) is 78.2 Å². The van der Waals surface area contributed by atoms with Gasteiger partial charge in [0.05, 0.1) is 0 Å². The van der Waals surface area contributed by atoms with Crippen molar-refractivity contribution in [3.8, 4) is 5.75 Å². The lowest BCUT2D eigenvalue weighted by atomic mass is 10.2. The highest BCUT2D eigenvalue weighted by Gasteiger charge is 2.16. The van der Waals surface area contributed by atoms with Crippen molar-refractivity contribution in [2.45, 2.75) is 32.5 Å². The van der Waals surface area contributed by atoms with Gasteiger partial charge in [0.15, 0.2) is 0 Å². The number of hydrogen-bond donors (Lipinski definition) is 1. The van der Waals surface area contributed by atoms with Crippen LogP contribution < -0.4 is 4.74 Å². The third-order valence-electron chi connectivity index (χ3n) is 5.62. The van der Waals surface area contributed by atoms with Crippen molar-refractivity contribution in [3.05, 3.63) is 65.7 Å². The van der Waals surface area contributed by atoms with Crippen LogP contribution in [0.15, 0.2) is 54.6 Å². The molecular formula is C25H35N3O3. The average molecular weight is 426 g/mol. The van der Waals surface area contributed by atoms with Gasteiger partial charge in [-0.2, -0.15) is 0 Å². The van der Waals surface area contributed by atoms with Crippen LogP contribution in [0.2, 0.25) is 0 Å². The summed E-state index contributed by atoms with van der Waals surface area (Å²) in [6.45, 7) is 7.70. The van der Waals surface area contributed by atoms with Crippen LogP contribution in [-0.2, 0) is 17.9 Å². The van der Waals surface area contributed by atoms with E-state index in [2.05, 4.69) is 34.1 Å². The highest BCUT2D eigenvalue weighted by molar-refractivity contribution is 5.73. The standard InChI is InChI=1S/C25H35N3O3/c1-21(29)28-14-6-13-27(15-16-28)18-23-9-11-25(12-10-23)31-20-24(30)19-26(2)17-22-7-4-3-5-8-22/h3-5,7-12,24,30H,6,13-20H2,1-2H3. The molecule has 6 heteroatoms. The maximum atomic E-state index is 11.6. The van der Waals surface area contributed by atoms with Crippen LogP contribution in [0.5, 0.6) is 5.75 Å². The van der Waals surface area contributed by atoms with Gasteiger partial charge in [0, 0.05) is 52.7 Å². The van der Waals surface area contributed by atoms with E-state index < -0.39 is 6.10 Å². The highest BCUT2D eigenvalue weighted by Crippen LogP contribution is 2.15. The lowest BCUT2D eigenvalue weighted by Gasteiger charge is -2.22. The Morgan fingerprint density at radius 1 is 1.03 bits per heavy atom. The molecular weight excluding hydrogens is 390 g/mol. The number of carbonyl (C=O) groups is 1. The second-order valence-electron chi connectivity index (χ2n) is 8.43. The fourth-order valence-corrected chi connectivity index (χ4v) is 3.96. The fourth-order valence-electron chi connectivity index (χ4n) is 3.96. The molecule has 1 aliphatic rings. The summed E-state index contributed by atoms with van der Waals surface area (Å²) in [5.74, 6) is 0.934. The molecule has 31 heavy (non-hydrogen) atoms. The number of rotatable bonds is 9. The molecule has 0 aliphatic carbocycles. The first-order valence-corrected chi connectivity index (χ1v) is 11.1. The van der Waals surface area contributed by atoms with Gasteiger partial charge >= 0.3 is 0 Å². The monoisotopic (exact) mass is 425 g/mol. The number of benzene rings is 2. The Kier molecular flexibility index (Phi) is 8.88. The van der Waals surface area contributed by atoms with Crippen LogP contribution in [0.1, 0.15) is 24.5 Å². The van der Waals surface area contributed by atoms with Crippen LogP contribution in [0.3, 0.4) is 0 Å². The van der Waals surface area contributed by atoms with E-state index in [4.69, 9.17) is 4.74 Å². The zero-order valence-electron chi connectivity index (χ0n) is 18.7. The van der Waals surface area contributed by atoms with E-state index in [0.717, 1.165) is 51.4 Å². The normalized spacial score (nSPS) is 16.2. The first-order valence-electron chi connectivity index (χ1n) is 11.1. The Balaban J connectivity index is 1.39. The summed E-state index contributed by atoms with van der Waals surface area (Å²) >= 11 is 0. The number of nitrogens with zero attached hydrogens (tertiary/aromatic N) is 3. The molecule has 0 saturated carbocycles. The first kappa shape index (κ1) is 23.3. The van der Waals surface area contributed by atoms with Crippen LogP contribution >= 0.6 is 0 Å². The second-order valence-corrected chi connectivity index (χ2v) is 8.43. The molecule has 2 aromatic carbocycles. The lowest BCUT2D eigenvalue weighted by molar-refractivity contribution is -0.128. The summed E-state index contributed by atoms with van der Waals surface area (Å²) in [5.41, 5.74) is 2.46. The van der Waals surface area contributed by atoms with Crippen molar-refractivity contribution < 1.29 is 14.6 Å². The third kappa shape index (κ3) is 7.98. The molecule has 6 nitrogen and oxygen atoms in total. The molecule has 3 rings (SSSR count). The Labute approximate surface area is 186 Å². The number of ether oxygens (including phenoxy) is 1. The Bertz CT molecular complexity index is 797. The van der Waals surface area contributed by atoms with Crippen LogP contribution in [0.25, 0.3) is 0 Å². The molecule has 1 amide bonds. The smallest absolute Gasteiger partial charge is 0.219 e. The quantitative estimate of drug-likeness (QED) is 0.669. The molecule has 1 heterocycles. The van der Waals surface area contributed by atoms with Gasteiger partial charge in [-0.25, -0.2) is 0 Å². The lowest BCUT2D eigenvalue weighted by Crippen LogP contribution is -2.33. The van der Waals surface area contributed by atoms with Gasteiger partial charge in [0.1, 0.15) is 18.5 Å². The molecule has 2 aromatic rings. The van der Waals surface area contributed by atoms with E-state index in [9.17, 15) is 9.90 Å². The van der Waals surface area contributed by atoms with E-state index in [-0.39, 0.29) is 12.5 Å². The number of carbonyl (C=O) groups excluding carboxylic acids is 1. The second kappa shape index (κ2) is 11.8.